The summed E-state index contributed by atoms with van der Waals surface area (Å²) in [5.74, 6) is -0.139. The van der Waals surface area contributed by atoms with Crippen molar-refractivity contribution in [1.29, 1.82) is 0 Å². The van der Waals surface area contributed by atoms with Crippen LogP contribution < -0.4 is 16.0 Å². The summed E-state index contributed by atoms with van der Waals surface area (Å²) in [5.41, 5.74) is 6.57. The predicted octanol–water partition coefficient (Wildman–Crippen LogP) is -0.486. The number of hydrogen-bond donors (Lipinski definition) is 3. The summed E-state index contributed by atoms with van der Waals surface area (Å²) in [6.07, 6.45) is 2.41. The predicted molar refractivity (Wildman–Crippen MR) is 85.2 cm³/mol. The fourth-order valence-electron chi connectivity index (χ4n) is 3.02. The maximum atomic E-state index is 12.2. The van der Waals surface area contributed by atoms with E-state index in [-0.39, 0.29) is 23.8 Å². The Labute approximate surface area is 131 Å². The van der Waals surface area contributed by atoms with Gasteiger partial charge in [0.15, 0.2) is 6.04 Å². The van der Waals surface area contributed by atoms with E-state index in [0.717, 1.165) is 32.4 Å². The molecule has 1 atom stereocenters. The van der Waals surface area contributed by atoms with Gasteiger partial charge >= 0.3 is 0 Å². The monoisotopic (exact) mass is 304 g/mol. The standard InChI is InChI=1S/C17H25N3O2/c1-13(20-11-8-15(9-12-20)16(18)21)17(22)19-10-7-14-5-3-2-4-6-14/h2-6,13,15H,7-12H2,1H3,(H2,18,21)(H,19,22)/p+1/t13-/m1/s1. The van der Waals surface area contributed by atoms with E-state index < -0.39 is 0 Å². The van der Waals surface area contributed by atoms with Gasteiger partial charge in [-0.1, -0.05) is 30.3 Å². The molecule has 1 heterocycles. The molecule has 0 saturated carbocycles. The lowest BCUT2D eigenvalue weighted by molar-refractivity contribution is -0.919. The van der Waals surface area contributed by atoms with Gasteiger partial charge in [0.1, 0.15) is 0 Å². The molecular weight excluding hydrogens is 278 g/mol. The Morgan fingerprint density at radius 2 is 1.91 bits per heavy atom. The van der Waals surface area contributed by atoms with E-state index in [1.54, 1.807) is 0 Å². The first-order valence-corrected chi connectivity index (χ1v) is 8.03. The third-order valence-corrected chi connectivity index (χ3v) is 4.59. The van der Waals surface area contributed by atoms with Crippen molar-refractivity contribution >= 4 is 11.8 Å². The van der Waals surface area contributed by atoms with E-state index in [0.29, 0.717) is 6.54 Å². The number of carbonyl (C=O) groups excluding carboxylic acids is 2. The van der Waals surface area contributed by atoms with Crippen molar-refractivity contribution in [3.63, 3.8) is 0 Å². The highest BCUT2D eigenvalue weighted by Crippen LogP contribution is 2.08. The van der Waals surface area contributed by atoms with Crippen LogP contribution in [0.15, 0.2) is 30.3 Å². The van der Waals surface area contributed by atoms with Crippen LogP contribution in [0.2, 0.25) is 0 Å². The van der Waals surface area contributed by atoms with E-state index in [1.165, 1.54) is 10.5 Å². The van der Waals surface area contributed by atoms with E-state index in [4.69, 9.17) is 5.73 Å². The third kappa shape index (κ3) is 4.56. The highest BCUT2D eigenvalue weighted by Gasteiger charge is 2.31. The van der Waals surface area contributed by atoms with Gasteiger partial charge in [-0.3, -0.25) is 9.59 Å². The molecule has 2 amide bonds. The van der Waals surface area contributed by atoms with Crippen LogP contribution >= 0.6 is 0 Å². The Morgan fingerprint density at radius 3 is 2.50 bits per heavy atom. The fraction of sp³-hybridized carbons (Fsp3) is 0.529. The number of hydrogen-bond acceptors (Lipinski definition) is 2. The molecule has 0 aromatic heterocycles. The smallest absolute Gasteiger partial charge is 0.278 e. The molecule has 0 unspecified atom stereocenters. The number of nitrogens with one attached hydrogen (secondary N) is 2. The number of quaternary nitrogens is 1. The van der Waals surface area contributed by atoms with Crippen molar-refractivity contribution in [2.75, 3.05) is 19.6 Å². The van der Waals surface area contributed by atoms with Gasteiger partial charge in [-0.15, -0.1) is 0 Å². The number of amides is 2. The number of nitrogens with two attached hydrogens (primary N) is 1. The summed E-state index contributed by atoms with van der Waals surface area (Å²) in [6.45, 7) is 4.28. The first kappa shape index (κ1) is 16.5. The maximum absolute atomic E-state index is 12.2. The summed E-state index contributed by atoms with van der Waals surface area (Å²) >= 11 is 0. The molecule has 5 heteroatoms. The largest absolute Gasteiger partial charge is 0.369 e. The van der Waals surface area contributed by atoms with Crippen LogP contribution in [0.4, 0.5) is 0 Å². The third-order valence-electron chi connectivity index (χ3n) is 4.59. The van der Waals surface area contributed by atoms with Crippen LogP contribution in [0, 0.1) is 5.92 Å². The summed E-state index contributed by atoms with van der Waals surface area (Å²) in [4.78, 5) is 24.6. The second-order valence-electron chi connectivity index (χ2n) is 6.08. The fourth-order valence-corrected chi connectivity index (χ4v) is 3.02. The SMILES string of the molecule is C[C@H](C(=O)NCCc1ccccc1)[NH+]1CCC(C(N)=O)CC1. The van der Waals surface area contributed by atoms with Gasteiger partial charge in [0.2, 0.25) is 5.91 Å². The number of carbonyl (C=O) groups is 2. The summed E-state index contributed by atoms with van der Waals surface area (Å²) in [7, 11) is 0. The Hall–Kier alpha value is -1.88. The minimum absolute atomic E-state index is 0.0166. The van der Waals surface area contributed by atoms with Crippen LogP contribution in [0.25, 0.3) is 0 Å². The number of piperidine rings is 1. The van der Waals surface area contributed by atoms with Gasteiger partial charge in [-0.05, 0) is 18.9 Å². The van der Waals surface area contributed by atoms with Crippen LogP contribution in [-0.4, -0.2) is 37.5 Å². The lowest BCUT2D eigenvalue weighted by Gasteiger charge is -2.31. The Morgan fingerprint density at radius 1 is 1.27 bits per heavy atom. The summed E-state index contributed by atoms with van der Waals surface area (Å²) < 4.78 is 0. The van der Waals surface area contributed by atoms with Crippen LogP contribution in [0.3, 0.4) is 0 Å². The normalized spacial score (nSPS) is 22.8. The molecule has 1 aromatic rings. The van der Waals surface area contributed by atoms with E-state index in [2.05, 4.69) is 17.4 Å². The topological polar surface area (TPSA) is 76.6 Å². The summed E-state index contributed by atoms with van der Waals surface area (Å²) in [6, 6.07) is 10.1. The lowest BCUT2D eigenvalue weighted by atomic mass is 9.95. The van der Waals surface area contributed by atoms with Crippen molar-refractivity contribution in [2.24, 2.45) is 11.7 Å². The van der Waals surface area contributed by atoms with E-state index >= 15 is 0 Å². The van der Waals surface area contributed by atoms with Crippen molar-refractivity contribution < 1.29 is 14.5 Å². The van der Waals surface area contributed by atoms with Gasteiger partial charge in [0.05, 0.1) is 13.1 Å². The zero-order valence-electron chi connectivity index (χ0n) is 13.2. The first-order valence-electron chi connectivity index (χ1n) is 8.03. The average Bonchev–Trinajstić information content (AvgIpc) is 2.55. The van der Waals surface area contributed by atoms with Crippen molar-refractivity contribution in [1.82, 2.24) is 5.32 Å². The zero-order valence-corrected chi connectivity index (χ0v) is 13.2. The average molecular weight is 304 g/mol. The second kappa shape index (κ2) is 7.94. The number of likely N-dealkylation sites (tertiary alicyclic amines) is 1. The Kier molecular flexibility index (Phi) is 5.95. The lowest BCUT2D eigenvalue weighted by Crippen LogP contribution is -3.17. The second-order valence-corrected chi connectivity index (χ2v) is 6.08. The minimum Gasteiger partial charge on any atom is -0.369 e. The molecule has 1 saturated heterocycles. The van der Waals surface area contributed by atoms with Crippen LogP contribution in [0.5, 0.6) is 0 Å². The zero-order chi connectivity index (χ0) is 15.9. The van der Waals surface area contributed by atoms with E-state index in [1.807, 2.05) is 25.1 Å². The summed E-state index contributed by atoms with van der Waals surface area (Å²) in [5, 5.41) is 3.01. The molecule has 0 spiro atoms. The molecule has 5 nitrogen and oxygen atoms in total. The molecule has 1 aliphatic rings. The Balaban J connectivity index is 1.72. The molecular formula is C17H26N3O2+. The molecule has 0 aliphatic carbocycles. The number of rotatable bonds is 6. The van der Waals surface area contributed by atoms with Gasteiger partial charge in [-0.25, -0.2) is 0 Å². The van der Waals surface area contributed by atoms with Gasteiger partial charge in [-0.2, -0.15) is 0 Å². The Bertz CT molecular complexity index is 496. The number of benzene rings is 1. The molecule has 0 radical (unpaired) electrons. The maximum Gasteiger partial charge on any atom is 0.278 e. The molecule has 0 bridgehead atoms. The molecule has 1 aromatic carbocycles. The number of primary amides is 1. The molecule has 1 aliphatic heterocycles. The van der Waals surface area contributed by atoms with Crippen LogP contribution in [0.1, 0.15) is 25.3 Å². The molecule has 4 N–H and O–H groups in total. The van der Waals surface area contributed by atoms with Crippen molar-refractivity contribution in [3.05, 3.63) is 35.9 Å². The van der Waals surface area contributed by atoms with Crippen molar-refractivity contribution in [2.45, 2.75) is 32.2 Å². The highest BCUT2D eigenvalue weighted by atomic mass is 16.2. The molecule has 1 fully saturated rings. The quantitative estimate of drug-likeness (QED) is 0.663. The van der Waals surface area contributed by atoms with Crippen LogP contribution in [-0.2, 0) is 16.0 Å². The first-order chi connectivity index (χ1) is 10.6. The minimum atomic E-state index is -0.209. The van der Waals surface area contributed by atoms with E-state index in [9.17, 15) is 9.59 Å². The molecule has 22 heavy (non-hydrogen) atoms. The van der Waals surface area contributed by atoms with Crippen molar-refractivity contribution in [3.8, 4) is 0 Å². The molecule has 120 valence electrons. The van der Waals surface area contributed by atoms with Gasteiger partial charge in [0, 0.05) is 25.3 Å². The van der Waals surface area contributed by atoms with Gasteiger partial charge < -0.3 is 16.0 Å². The highest BCUT2D eigenvalue weighted by molar-refractivity contribution is 5.80. The van der Waals surface area contributed by atoms with Gasteiger partial charge in [0.25, 0.3) is 5.91 Å². The molecule has 2 rings (SSSR count).